The van der Waals surface area contributed by atoms with Crippen LogP contribution in [0.25, 0.3) is 5.57 Å². The molecule has 0 atom stereocenters. The Morgan fingerprint density at radius 3 is 2.60 bits per heavy atom. The van der Waals surface area contributed by atoms with E-state index in [0.29, 0.717) is 11.4 Å². The molecule has 25 heavy (non-hydrogen) atoms. The first kappa shape index (κ1) is 18.7. The van der Waals surface area contributed by atoms with E-state index < -0.39 is 24.0 Å². The van der Waals surface area contributed by atoms with Crippen LogP contribution in [-0.4, -0.2) is 42.9 Å². The summed E-state index contributed by atoms with van der Waals surface area (Å²) in [4.78, 5) is 24.6. The molecular weight excluding hydrogens is 329 g/mol. The molecule has 0 spiro atoms. The Labute approximate surface area is 145 Å². The van der Waals surface area contributed by atoms with E-state index in [1.165, 1.54) is 12.1 Å². The molecule has 0 saturated heterocycles. The second-order valence-electron chi connectivity index (χ2n) is 6.54. The maximum atomic E-state index is 13.9. The lowest BCUT2D eigenvalue weighted by molar-refractivity contribution is -0.157. The Morgan fingerprint density at radius 2 is 2.04 bits per heavy atom. The van der Waals surface area contributed by atoms with Crippen LogP contribution in [0.2, 0.25) is 0 Å². The molecule has 6 nitrogen and oxygen atoms in total. The SMILES string of the molecule is CN1C(CO)=CC(=C=O)c2cc(F)cc(OCC(=O)OC(C)(C)C)c21. The van der Waals surface area contributed by atoms with Crippen LogP contribution in [0.4, 0.5) is 10.1 Å². The molecule has 1 heterocycles. The molecule has 0 amide bonds. The quantitative estimate of drug-likeness (QED) is 0.663. The van der Waals surface area contributed by atoms with Crippen molar-refractivity contribution in [1.82, 2.24) is 0 Å². The van der Waals surface area contributed by atoms with Gasteiger partial charge in [0.2, 0.25) is 0 Å². The third kappa shape index (κ3) is 4.26. The van der Waals surface area contributed by atoms with Gasteiger partial charge >= 0.3 is 5.97 Å². The molecule has 1 aromatic carbocycles. The van der Waals surface area contributed by atoms with Gasteiger partial charge in [0.1, 0.15) is 23.1 Å². The summed E-state index contributed by atoms with van der Waals surface area (Å²) in [7, 11) is 1.64. The van der Waals surface area contributed by atoms with Crippen LogP contribution < -0.4 is 9.64 Å². The predicted molar refractivity (Wildman–Crippen MR) is 90.4 cm³/mol. The van der Waals surface area contributed by atoms with Gasteiger partial charge in [0.15, 0.2) is 6.61 Å². The van der Waals surface area contributed by atoms with E-state index >= 15 is 0 Å². The minimum atomic E-state index is -0.668. The molecule has 134 valence electrons. The molecule has 1 aromatic rings. The van der Waals surface area contributed by atoms with Crippen molar-refractivity contribution in [3.05, 3.63) is 35.3 Å². The number of halogens is 1. The number of rotatable bonds is 4. The number of allylic oxidation sites excluding steroid dienone is 2. The Kier molecular flexibility index (Phi) is 5.30. The van der Waals surface area contributed by atoms with Crippen molar-refractivity contribution in [3.8, 4) is 5.75 Å². The lowest BCUT2D eigenvalue weighted by Gasteiger charge is -2.30. The van der Waals surface area contributed by atoms with Crippen LogP contribution in [0, 0.1) is 5.82 Å². The lowest BCUT2D eigenvalue weighted by atomic mass is 9.98. The molecular formula is C18H20FNO5. The fraction of sp³-hybridized carbons (Fsp3) is 0.389. The van der Waals surface area contributed by atoms with Gasteiger partial charge in [-0.3, -0.25) is 0 Å². The van der Waals surface area contributed by atoms with Crippen LogP contribution in [0.5, 0.6) is 5.75 Å². The number of anilines is 1. The average Bonchev–Trinajstić information content (AvgIpc) is 2.51. The zero-order chi connectivity index (χ0) is 18.8. The van der Waals surface area contributed by atoms with Gasteiger partial charge in [0.05, 0.1) is 17.9 Å². The highest BCUT2D eigenvalue weighted by Gasteiger charge is 2.26. The summed E-state index contributed by atoms with van der Waals surface area (Å²) in [5.74, 6) is 0.570. The number of aliphatic hydroxyl groups is 1. The molecule has 0 fully saturated rings. The number of hydrogen-bond acceptors (Lipinski definition) is 6. The van der Waals surface area contributed by atoms with E-state index in [0.717, 1.165) is 6.07 Å². The van der Waals surface area contributed by atoms with E-state index in [2.05, 4.69) is 0 Å². The third-order valence-corrected chi connectivity index (χ3v) is 3.44. The maximum Gasteiger partial charge on any atom is 0.344 e. The number of ether oxygens (including phenoxy) is 2. The standard InChI is InChI=1S/C18H20FNO5/c1-18(2,3)25-16(23)10-24-15-7-12(19)6-14-11(8-21)5-13(9-22)20(4)17(14)15/h5-7,22H,9-10H2,1-4H3. The van der Waals surface area contributed by atoms with E-state index in [-0.39, 0.29) is 23.5 Å². The minimum Gasteiger partial charge on any atom is -0.480 e. The molecule has 0 saturated carbocycles. The third-order valence-electron chi connectivity index (χ3n) is 3.44. The largest absolute Gasteiger partial charge is 0.480 e. The van der Waals surface area contributed by atoms with Crippen molar-refractivity contribution in [2.45, 2.75) is 26.4 Å². The van der Waals surface area contributed by atoms with Crippen LogP contribution in [0.15, 0.2) is 23.9 Å². The highest BCUT2D eigenvalue weighted by Crippen LogP contribution is 2.41. The molecule has 1 aliphatic rings. The summed E-state index contributed by atoms with van der Waals surface area (Å²) in [6.07, 6.45) is 1.42. The van der Waals surface area contributed by atoms with Gasteiger partial charge in [0.25, 0.3) is 0 Å². The van der Waals surface area contributed by atoms with E-state index in [1.54, 1.807) is 38.7 Å². The van der Waals surface area contributed by atoms with Crippen molar-refractivity contribution >= 4 is 23.2 Å². The summed E-state index contributed by atoms with van der Waals surface area (Å²) in [5, 5.41) is 9.45. The molecule has 0 unspecified atom stereocenters. The highest BCUT2D eigenvalue weighted by atomic mass is 19.1. The summed E-state index contributed by atoms with van der Waals surface area (Å²) < 4.78 is 24.5. The molecule has 0 bridgehead atoms. The summed E-state index contributed by atoms with van der Waals surface area (Å²) in [6.45, 7) is 4.43. The Hall–Kier alpha value is -2.63. The molecule has 2 rings (SSSR count). The predicted octanol–water partition coefficient (Wildman–Crippen LogP) is 2.09. The maximum absolute atomic E-state index is 13.9. The molecule has 7 heteroatoms. The van der Waals surface area contributed by atoms with Gasteiger partial charge in [-0.05, 0) is 32.9 Å². The zero-order valence-corrected chi connectivity index (χ0v) is 14.6. The zero-order valence-electron chi connectivity index (χ0n) is 14.6. The Balaban J connectivity index is 2.37. The minimum absolute atomic E-state index is 0.0650. The number of fused-ring (bicyclic) bond motifs is 1. The summed E-state index contributed by atoms with van der Waals surface area (Å²) >= 11 is 0. The van der Waals surface area contributed by atoms with Gasteiger partial charge in [-0.1, -0.05) is 0 Å². The number of carbonyl (C=O) groups excluding carboxylic acids is 2. The number of nitrogens with zero attached hydrogens (tertiary/aromatic N) is 1. The van der Waals surface area contributed by atoms with Crippen LogP contribution in [0.1, 0.15) is 26.3 Å². The van der Waals surface area contributed by atoms with Crippen molar-refractivity contribution < 1.29 is 28.6 Å². The van der Waals surface area contributed by atoms with E-state index in [9.17, 15) is 19.1 Å². The first-order chi connectivity index (χ1) is 11.7. The number of likely N-dealkylation sites (N-methyl/N-ethyl adjacent to an activating group) is 1. The normalized spacial score (nSPS) is 13.8. The van der Waals surface area contributed by atoms with Crippen molar-refractivity contribution in [2.24, 2.45) is 0 Å². The fourth-order valence-corrected chi connectivity index (χ4v) is 2.46. The molecule has 0 aromatic heterocycles. The number of benzene rings is 1. The molecule has 1 N–H and O–H groups in total. The number of esters is 1. The van der Waals surface area contributed by atoms with Gasteiger partial charge in [-0.25, -0.2) is 14.0 Å². The van der Waals surface area contributed by atoms with Crippen LogP contribution in [-0.2, 0) is 14.3 Å². The Morgan fingerprint density at radius 1 is 1.36 bits per heavy atom. The van der Waals surface area contributed by atoms with Crippen LogP contribution >= 0.6 is 0 Å². The van der Waals surface area contributed by atoms with Crippen LogP contribution in [0.3, 0.4) is 0 Å². The number of carbonyl (C=O) groups is 1. The highest BCUT2D eigenvalue weighted by molar-refractivity contribution is 6.01. The molecule has 1 aliphatic heterocycles. The van der Waals surface area contributed by atoms with E-state index in [1.807, 2.05) is 0 Å². The topological polar surface area (TPSA) is 76.1 Å². The fourth-order valence-electron chi connectivity index (χ4n) is 2.46. The Bertz CT molecular complexity index is 772. The van der Waals surface area contributed by atoms with Crippen molar-refractivity contribution in [2.75, 3.05) is 25.2 Å². The summed E-state index contributed by atoms with van der Waals surface area (Å²) in [5.41, 5.74) is 0.487. The van der Waals surface area contributed by atoms with E-state index in [4.69, 9.17) is 9.47 Å². The monoisotopic (exact) mass is 349 g/mol. The number of aliphatic hydroxyl groups excluding tert-OH is 1. The first-order valence-corrected chi connectivity index (χ1v) is 7.65. The number of hydrogen-bond donors (Lipinski definition) is 1. The second-order valence-corrected chi connectivity index (χ2v) is 6.54. The summed E-state index contributed by atoms with van der Waals surface area (Å²) in [6, 6.07) is 2.29. The van der Waals surface area contributed by atoms with Gasteiger partial charge in [-0.2, -0.15) is 0 Å². The van der Waals surface area contributed by atoms with Crippen molar-refractivity contribution in [3.63, 3.8) is 0 Å². The lowest BCUT2D eigenvalue weighted by Crippen LogP contribution is -2.28. The van der Waals surface area contributed by atoms with Gasteiger partial charge in [-0.15, -0.1) is 0 Å². The molecule has 0 radical (unpaired) electrons. The van der Waals surface area contributed by atoms with Crippen molar-refractivity contribution in [1.29, 1.82) is 0 Å². The average molecular weight is 349 g/mol. The van der Waals surface area contributed by atoms with Gasteiger partial charge in [0, 0.05) is 24.4 Å². The van der Waals surface area contributed by atoms with Gasteiger partial charge < -0.3 is 19.5 Å². The molecule has 0 aliphatic carbocycles. The second kappa shape index (κ2) is 7.09. The first-order valence-electron chi connectivity index (χ1n) is 7.65. The smallest absolute Gasteiger partial charge is 0.344 e.